The van der Waals surface area contributed by atoms with Crippen LogP contribution in [-0.4, -0.2) is 47.3 Å². The van der Waals surface area contributed by atoms with Crippen LogP contribution < -0.4 is 5.32 Å². The molecule has 2 atom stereocenters. The van der Waals surface area contributed by atoms with Crippen molar-refractivity contribution in [2.45, 2.75) is 75.6 Å². The van der Waals surface area contributed by atoms with Crippen molar-refractivity contribution < 1.29 is 5.11 Å². The summed E-state index contributed by atoms with van der Waals surface area (Å²) in [5, 5.41) is 13.7. The van der Waals surface area contributed by atoms with Gasteiger partial charge in [-0.15, -0.1) is 0 Å². The van der Waals surface area contributed by atoms with Gasteiger partial charge in [-0.1, -0.05) is 25.7 Å². The number of aliphatic hydroxyl groups is 1. The van der Waals surface area contributed by atoms with Gasteiger partial charge in [-0.2, -0.15) is 0 Å². The van der Waals surface area contributed by atoms with Gasteiger partial charge in [0.1, 0.15) is 0 Å². The van der Waals surface area contributed by atoms with E-state index in [0.717, 1.165) is 25.6 Å². The Labute approximate surface area is 105 Å². The van der Waals surface area contributed by atoms with E-state index in [1.54, 1.807) is 0 Å². The minimum absolute atomic E-state index is 0.0649. The first-order chi connectivity index (χ1) is 8.36. The first-order valence-electron chi connectivity index (χ1n) is 7.52. The molecule has 3 heteroatoms. The van der Waals surface area contributed by atoms with Crippen LogP contribution in [0.2, 0.25) is 0 Å². The Hall–Kier alpha value is -0.120. The number of hydrogen-bond donors (Lipinski definition) is 2. The molecule has 0 aromatic heterocycles. The lowest BCUT2D eigenvalue weighted by atomic mass is 9.88. The van der Waals surface area contributed by atoms with E-state index in [4.69, 9.17) is 0 Å². The van der Waals surface area contributed by atoms with Crippen LogP contribution in [-0.2, 0) is 0 Å². The van der Waals surface area contributed by atoms with Crippen LogP contribution in [0.1, 0.15) is 51.4 Å². The molecule has 1 heterocycles. The second kappa shape index (κ2) is 5.25. The highest BCUT2D eigenvalue weighted by molar-refractivity contribution is 4.96. The highest BCUT2D eigenvalue weighted by atomic mass is 16.3. The van der Waals surface area contributed by atoms with E-state index >= 15 is 0 Å². The summed E-state index contributed by atoms with van der Waals surface area (Å²) >= 11 is 0. The molecule has 2 aliphatic carbocycles. The summed E-state index contributed by atoms with van der Waals surface area (Å²) in [5.41, 5.74) is 0. The lowest BCUT2D eigenvalue weighted by Crippen LogP contribution is -2.64. The molecule has 1 saturated heterocycles. The molecule has 0 aromatic rings. The van der Waals surface area contributed by atoms with Crippen LogP contribution in [0.3, 0.4) is 0 Å². The highest BCUT2D eigenvalue weighted by Crippen LogP contribution is 2.33. The van der Waals surface area contributed by atoms with E-state index < -0.39 is 0 Å². The molecule has 3 rings (SSSR count). The molecule has 2 saturated carbocycles. The normalized spacial score (nSPS) is 36.4. The maximum Gasteiger partial charge on any atom is 0.0695 e. The van der Waals surface area contributed by atoms with Crippen LogP contribution in [0.25, 0.3) is 0 Å². The maximum atomic E-state index is 10.3. The molecule has 0 aromatic carbocycles. The van der Waals surface area contributed by atoms with Gasteiger partial charge in [0.25, 0.3) is 0 Å². The van der Waals surface area contributed by atoms with Gasteiger partial charge in [0.2, 0.25) is 0 Å². The van der Waals surface area contributed by atoms with Crippen LogP contribution in [0.4, 0.5) is 0 Å². The van der Waals surface area contributed by atoms with Crippen molar-refractivity contribution in [1.29, 1.82) is 0 Å². The van der Waals surface area contributed by atoms with E-state index in [2.05, 4.69) is 10.2 Å². The van der Waals surface area contributed by atoms with Crippen molar-refractivity contribution >= 4 is 0 Å². The number of aliphatic hydroxyl groups excluding tert-OH is 1. The first-order valence-corrected chi connectivity index (χ1v) is 7.52. The van der Waals surface area contributed by atoms with Gasteiger partial charge in [0.15, 0.2) is 0 Å². The zero-order chi connectivity index (χ0) is 11.7. The van der Waals surface area contributed by atoms with Crippen molar-refractivity contribution in [3.05, 3.63) is 0 Å². The average molecular weight is 238 g/mol. The second-order valence-electron chi connectivity index (χ2n) is 6.12. The van der Waals surface area contributed by atoms with Crippen LogP contribution in [0.5, 0.6) is 0 Å². The van der Waals surface area contributed by atoms with Crippen molar-refractivity contribution in [2.75, 3.05) is 13.1 Å². The summed E-state index contributed by atoms with van der Waals surface area (Å²) in [7, 11) is 0. The Morgan fingerprint density at radius 1 is 0.824 bits per heavy atom. The third-order valence-corrected chi connectivity index (χ3v) is 5.00. The molecule has 0 amide bonds. The Bertz CT molecular complexity index is 249. The summed E-state index contributed by atoms with van der Waals surface area (Å²) in [6, 6.07) is 1.93. The standard InChI is InChI=1S/C14H26N2O/c17-14-8-4-3-7-13(14)16(12-9-15-10-12)11-5-1-2-6-11/h11-15,17H,1-10H2/t13-,14-/m0/s1. The molecule has 98 valence electrons. The van der Waals surface area contributed by atoms with E-state index in [-0.39, 0.29) is 6.10 Å². The fraction of sp³-hybridized carbons (Fsp3) is 1.00. The number of nitrogens with one attached hydrogen (secondary N) is 1. The SMILES string of the molecule is O[C@H]1CCCC[C@@H]1N(C1CCCC1)C1CNC1. The van der Waals surface area contributed by atoms with Crippen LogP contribution in [0, 0.1) is 0 Å². The zero-order valence-electron chi connectivity index (χ0n) is 10.8. The fourth-order valence-corrected chi connectivity index (χ4v) is 3.97. The van der Waals surface area contributed by atoms with Gasteiger partial charge in [-0.3, -0.25) is 4.90 Å². The third-order valence-electron chi connectivity index (χ3n) is 5.00. The molecule has 0 bridgehead atoms. The van der Waals surface area contributed by atoms with Gasteiger partial charge in [0, 0.05) is 31.2 Å². The Morgan fingerprint density at radius 2 is 1.47 bits per heavy atom. The predicted octanol–water partition coefficient (Wildman–Crippen LogP) is 1.51. The summed E-state index contributed by atoms with van der Waals surface area (Å²) in [5.74, 6) is 0. The van der Waals surface area contributed by atoms with Gasteiger partial charge >= 0.3 is 0 Å². The Kier molecular flexibility index (Phi) is 3.69. The molecular weight excluding hydrogens is 212 g/mol. The monoisotopic (exact) mass is 238 g/mol. The summed E-state index contributed by atoms with van der Waals surface area (Å²) in [6.45, 7) is 2.28. The fourth-order valence-electron chi connectivity index (χ4n) is 3.97. The second-order valence-corrected chi connectivity index (χ2v) is 6.12. The highest BCUT2D eigenvalue weighted by Gasteiger charge is 2.40. The van der Waals surface area contributed by atoms with Crippen molar-refractivity contribution in [3.8, 4) is 0 Å². The number of nitrogens with zero attached hydrogens (tertiary/aromatic N) is 1. The Morgan fingerprint density at radius 3 is 2.06 bits per heavy atom. The van der Waals surface area contributed by atoms with Crippen LogP contribution >= 0.6 is 0 Å². The average Bonchev–Trinajstić information content (AvgIpc) is 2.77. The maximum absolute atomic E-state index is 10.3. The van der Waals surface area contributed by atoms with Gasteiger partial charge < -0.3 is 10.4 Å². The van der Waals surface area contributed by atoms with Crippen LogP contribution in [0.15, 0.2) is 0 Å². The smallest absolute Gasteiger partial charge is 0.0695 e. The summed E-state index contributed by atoms with van der Waals surface area (Å²) in [4.78, 5) is 2.72. The molecule has 0 spiro atoms. The molecule has 2 N–H and O–H groups in total. The molecule has 3 aliphatic rings. The number of hydrogen-bond acceptors (Lipinski definition) is 3. The topological polar surface area (TPSA) is 35.5 Å². The Balaban J connectivity index is 1.71. The molecule has 17 heavy (non-hydrogen) atoms. The van der Waals surface area contributed by atoms with E-state index in [1.165, 1.54) is 44.9 Å². The van der Waals surface area contributed by atoms with Crippen molar-refractivity contribution in [1.82, 2.24) is 10.2 Å². The minimum Gasteiger partial charge on any atom is -0.391 e. The largest absolute Gasteiger partial charge is 0.391 e. The molecular formula is C14H26N2O. The molecule has 0 radical (unpaired) electrons. The van der Waals surface area contributed by atoms with Gasteiger partial charge in [0.05, 0.1) is 6.10 Å². The van der Waals surface area contributed by atoms with Gasteiger partial charge in [-0.25, -0.2) is 0 Å². The lowest BCUT2D eigenvalue weighted by molar-refractivity contribution is -0.0367. The van der Waals surface area contributed by atoms with E-state index in [0.29, 0.717) is 12.1 Å². The quantitative estimate of drug-likeness (QED) is 0.782. The van der Waals surface area contributed by atoms with Gasteiger partial charge in [-0.05, 0) is 25.7 Å². The summed E-state index contributed by atoms with van der Waals surface area (Å²) in [6.07, 6.45) is 10.2. The van der Waals surface area contributed by atoms with E-state index in [9.17, 15) is 5.11 Å². The third kappa shape index (κ3) is 2.38. The molecule has 3 fully saturated rings. The van der Waals surface area contributed by atoms with Crippen molar-refractivity contribution in [3.63, 3.8) is 0 Å². The molecule has 1 aliphatic heterocycles. The minimum atomic E-state index is -0.0649. The number of rotatable bonds is 3. The lowest BCUT2D eigenvalue weighted by Gasteiger charge is -2.49. The predicted molar refractivity (Wildman–Crippen MR) is 69.0 cm³/mol. The molecule has 0 unspecified atom stereocenters. The summed E-state index contributed by atoms with van der Waals surface area (Å²) < 4.78 is 0. The van der Waals surface area contributed by atoms with E-state index in [1.807, 2.05) is 0 Å². The van der Waals surface area contributed by atoms with Crippen molar-refractivity contribution in [2.24, 2.45) is 0 Å². The first kappa shape index (κ1) is 11.9. The molecule has 3 nitrogen and oxygen atoms in total. The zero-order valence-corrected chi connectivity index (χ0v) is 10.8.